The van der Waals surface area contributed by atoms with Crippen molar-refractivity contribution < 1.29 is 42.7 Å². The summed E-state index contributed by atoms with van der Waals surface area (Å²) in [6.45, 7) is 9.68. The van der Waals surface area contributed by atoms with Gasteiger partial charge in [-0.25, -0.2) is 0 Å². The lowest BCUT2D eigenvalue weighted by Crippen LogP contribution is -2.15. The van der Waals surface area contributed by atoms with E-state index in [0.717, 1.165) is 18.4 Å². The molecule has 1 aromatic rings. The zero-order valence-corrected chi connectivity index (χ0v) is 24.1. The van der Waals surface area contributed by atoms with Gasteiger partial charge in [0.25, 0.3) is 0 Å². The molecule has 0 atom stereocenters. The minimum atomic E-state index is -0.138. The highest BCUT2D eigenvalue weighted by atomic mass is 16.6. The van der Waals surface area contributed by atoms with E-state index in [1.165, 1.54) is 25.7 Å². The second kappa shape index (κ2) is 29.4. The van der Waals surface area contributed by atoms with Crippen LogP contribution in [0, 0.1) is 0 Å². The molecule has 0 N–H and O–H groups in total. The van der Waals surface area contributed by atoms with Crippen LogP contribution in [0.25, 0.3) is 0 Å². The number of unbranched alkanes of at least 4 members (excludes halogenated alkanes) is 5. The molecule has 0 fully saturated rings. The highest BCUT2D eigenvalue weighted by Gasteiger charge is 2.02. The van der Waals surface area contributed by atoms with Crippen molar-refractivity contribution in [3.63, 3.8) is 0 Å². The molecule has 1 rings (SSSR count). The molecule has 0 heterocycles. The van der Waals surface area contributed by atoms with Gasteiger partial charge in [-0.3, -0.25) is 4.79 Å². The lowest BCUT2D eigenvalue weighted by atomic mass is 10.1. The highest BCUT2D eigenvalue weighted by Crippen LogP contribution is 2.07. The van der Waals surface area contributed by atoms with E-state index in [0.29, 0.717) is 106 Å². The van der Waals surface area contributed by atoms with E-state index in [9.17, 15) is 4.79 Å². The second-order valence-electron chi connectivity index (χ2n) is 8.95. The third-order valence-electron chi connectivity index (χ3n) is 5.57. The number of carbonyl (C=O) groups excluding carboxylic acids is 1. The third kappa shape index (κ3) is 26.4. The Balaban J connectivity index is 1.66. The summed E-state index contributed by atoms with van der Waals surface area (Å²) in [5, 5.41) is 0. The van der Waals surface area contributed by atoms with Gasteiger partial charge in [0.15, 0.2) is 0 Å². The molecule has 226 valence electrons. The first-order valence-corrected chi connectivity index (χ1v) is 14.6. The molecule has 0 amide bonds. The van der Waals surface area contributed by atoms with Crippen molar-refractivity contribution >= 4 is 5.97 Å². The topological polar surface area (TPSA) is 90.9 Å². The van der Waals surface area contributed by atoms with E-state index in [-0.39, 0.29) is 5.97 Å². The van der Waals surface area contributed by atoms with Gasteiger partial charge in [-0.05, 0) is 12.0 Å². The van der Waals surface area contributed by atoms with E-state index >= 15 is 0 Å². The van der Waals surface area contributed by atoms with Crippen LogP contribution in [0.3, 0.4) is 0 Å². The van der Waals surface area contributed by atoms with Crippen LogP contribution in [0.4, 0.5) is 0 Å². The minimum absolute atomic E-state index is 0.138. The van der Waals surface area contributed by atoms with Crippen molar-refractivity contribution in [1.82, 2.24) is 0 Å². The number of benzene rings is 1. The van der Waals surface area contributed by atoms with Crippen LogP contribution in [0.5, 0.6) is 0 Å². The standard InChI is InChI=1S/C30H52O9/c1-2-3-4-5-6-10-13-30(31)39-27-26-37-23-22-35-19-18-33-15-14-32-16-17-34-20-21-36-24-25-38-28-29-11-8-7-9-12-29/h7-9,11-12H,2-6,10,13-28H2,1H3. The fraction of sp³-hybridized carbons (Fsp3) is 0.767. The lowest BCUT2D eigenvalue weighted by Gasteiger charge is -2.09. The molecule has 0 aliphatic carbocycles. The Morgan fingerprint density at radius 2 is 0.923 bits per heavy atom. The molecule has 0 aliphatic heterocycles. The van der Waals surface area contributed by atoms with Crippen LogP contribution in [0.15, 0.2) is 30.3 Å². The summed E-state index contributed by atoms with van der Waals surface area (Å²) in [6, 6.07) is 10.1. The molecule has 9 nitrogen and oxygen atoms in total. The molecule has 0 aromatic heterocycles. The molecular formula is C30H52O9. The summed E-state index contributed by atoms with van der Waals surface area (Å²) in [7, 11) is 0. The molecule has 1 aromatic carbocycles. The molecule has 9 heteroatoms. The summed E-state index contributed by atoms with van der Waals surface area (Å²) in [5.74, 6) is -0.138. The SMILES string of the molecule is CCCCCCCCC(=O)OCCOCCOCCOCCOCCOCCOCCOCc1ccccc1. The third-order valence-corrected chi connectivity index (χ3v) is 5.57. The van der Waals surface area contributed by atoms with Crippen molar-refractivity contribution in [1.29, 1.82) is 0 Å². The molecule has 0 saturated heterocycles. The molecule has 0 spiro atoms. The summed E-state index contributed by atoms with van der Waals surface area (Å²) < 4.78 is 43.5. The van der Waals surface area contributed by atoms with Gasteiger partial charge >= 0.3 is 5.97 Å². The average molecular weight is 557 g/mol. The Hall–Kier alpha value is -1.59. The van der Waals surface area contributed by atoms with Crippen LogP contribution in [0.1, 0.15) is 57.4 Å². The van der Waals surface area contributed by atoms with Gasteiger partial charge in [0.05, 0.1) is 92.5 Å². The predicted octanol–water partition coefficient (Wildman–Crippen LogP) is 4.60. The first kappa shape index (κ1) is 35.4. The van der Waals surface area contributed by atoms with Gasteiger partial charge in [-0.2, -0.15) is 0 Å². The Morgan fingerprint density at radius 3 is 1.41 bits per heavy atom. The summed E-state index contributed by atoms with van der Waals surface area (Å²) >= 11 is 0. The Morgan fingerprint density at radius 1 is 0.513 bits per heavy atom. The first-order valence-electron chi connectivity index (χ1n) is 14.6. The van der Waals surface area contributed by atoms with Gasteiger partial charge in [0, 0.05) is 6.42 Å². The summed E-state index contributed by atoms with van der Waals surface area (Å²) in [5.41, 5.74) is 1.16. The monoisotopic (exact) mass is 556 g/mol. The van der Waals surface area contributed by atoms with Crippen molar-refractivity contribution in [2.45, 2.75) is 58.5 Å². The normalized spacial score (nSPS) is 11.2. The predicted molar refractivity (Wildman–Crippen MR) is 150 cm³/mol. The van der Waals surface area contributed by atoms with Gasteiger partial charge in [0.1, 0.15) is 6.61 Å². The van der Waals surface area contributed by atoms with Gasteiger partial charge < -0.3 is 37.9 Å². The molecule has 0 radical (unpaired) electrons. The average Bonchev–Trinajstić information content (AvgIpc) is 2.96. The van der Waals surface area contributed by atoms with Crippen molar-refractivity contribution in [2.24, 2.45) is 0 Å². The van der Waals surface area contributed by atoms with E-state index in [1.54, 1.807) is 0 Å². The highest BCUT2D eigenvalue weighted by molar-refractivity contribution is 5.69. The molecular weight excluding hydrogens is 504 g/mol. The maximum atomic E-state index is 11.6. The fourth-order valence-electron chi connectivity index (χ4n) is 3.42. The number of hydrogen-bond donors (Lipinski definition) is 0. The van der Waals surface area contributed by atoms with Gasteiger partial charge in [-0.15, -0.1) is 0 Å². The Kier molecular flexibility index (Phi) is 26.7. The van der Waals surface area contributed by atoms with Crippen LogP contribution in [-0.4, -0.2) is 98.5 Å². The van der Waals surface area contributed by atoms with Crippen LogP contribution < -0.4 is 0 Å². The number of rotatable bonds is 30. The van der Waals surface area contributed by atoms with E-state index in [4.69, 9.17) is 37.9 Å². The maximum Gasteiger partial charge on any atom is 0.305 e. The van der Waals surface area contributed by atoms with Crippen molar-refractivity contribution in [3.8, 4) is 0 Å². The number of esters is 1. The zero-order valence-electron chi connectivity index (χ0n) is 24.1. The van der Waals surface area contributed by atoms with E-state index in [2.05, 4.69) is 6.92 Å². The second-order valence-corrected chi connectivity index (χ2v) is 8.95. The molecule has 0 bridgehead atoms. The van der Waals surface area contributed by atoms with E-state index < -0.39 is 0 Å². The largest absolute Gasteiger partial charge is 0.463 e. The van der Waals surface area contributed by atoms with Crippen LogP contribution in [0.2, 0.25) is 0 Å². The first-order chi connectivity index (χ1) is 19.3. The van der Waals surface area contributed by atoms with Crippen molar-refractivity contribution in [3.05, 3.63) is 35.9 Å². The van der Waals surface area contributed by atoms with Gasteiger partial charge in [-0.1, -0.05) is 69.4 Å². The molecule has 0 saturated carbocycles. The zero-order chi connectivity index (χ0) is 27.9. The van der Waals surface area contributed by atoms with E-state index in [1.807, 2.05) is 30.3 Å². The summed E-state index contributed by atoms with van der Waals surface area (Å²) in [4.78, 5) is 11.6. The van der Waals surface area contributed by atoms with Gasteiger partial charge in [0.2, 0.25) is 0 Å². The molecule has 0 aliphatic rings. The van der Waals surface area contributed by atoms with Crippen LogP contribution >= 0.6 is 0 Å². The number of hydrogen-bond acceptors (Lipinski definition) is 9. The fourth-order valence-corrected chi connectivity index (χ4v) is 3.42. The van der Waals surface area contributed by atoms with Crippen LogP contribution in [-0.2, 0) is 49.3 Å². The molecule has 0 unspecified atom stereocenters. The number of ether oxygens (including phenoxy) is 8. The minimum Gasteiger partial charge on any atom is -0.463 e. The Labute approximate surface area is 235 Å². The summed E-state index contributed by atoms with van der Waals surface area (Å²) in [6.07, 6.45) is 7.46. The molecule has 39 heavy (non-hydrogen) atoms. The lowest BCUT2D eigenvalue weighted by molar-refractivity contribution is -0.145. The Bertz CT molecular complexity index is 630. The number of carbonyl (C=O) groups is 1. The quantitative estimate of drug-likeness (QED) is 0.0996. The smallest absolute Gasteiger partial charge is 0.305 e. The maximum absolute atomic E-state index is 11.6. The van der Waals surface area contributed by atoms with Crippen molar-refractivity contribution in [2.75, 3.05) is 92.5 Å².